The van der Waals surface area contributed by atoms with Crippen LogP contribution in [-0.2, 0) is 0 Å². The maximum atomic E-state index is 4.66. The van der Waals surface area contributed by atoms with Crippen molar-refractivity contribution in [1.29, 1.82) is 0 Å². The van der Waals surface area contributed by atoms with Gasteiger partial charge in [-0.15, -0.1) is 0 Å². The molecule has 4 heterocycles. The second-order valence-electron chi connectivity index (χ2n) is 9.10. The minimum atomic E-state index is 0.635. The highest BCUT2D eigenvalue weighted by Crippen LogP contribution is 2.47. The molecule has 6 nitrogen and oxygen atoms in total. The van der Waals surface area contributed by atoms with Gasteiger partial charge in [-0.2, -0.15) is 0 Å². The van der Waals surface area contributed by atoms with Crippen molar-refractivity contribution in [3.63, 3.8) is 0 Å². The van der Waals surface area contributed by atoms with E-state index in [1.165, 1.54) is 40.6 Å². The highest BCUT2D eigenvalue weighted by atomic mass is 15.3. The number of nitrogens with one attached hydrogen (secondary N) is 2. The molecule has 32 heavy (non-hydrogen) atoms. The van der Waals surface area contributed by atoms with Crippen molar-refractivity contribution >= 4 is 16.9 Å². The average Bonchev–Trinajstić information content (AvgIpc) is 3.59. The van der Waals surface area contributed by atoms with Gasteiger partial charge in [0, 0.05) is 77.7 Å². The molecule has 0 amide bonds. The molecule has 2 N–H and O–H groups in total. The molecule has 3 aromatic heterocycles. The third kappa shape index (κ3) is 3.54. The quantitative estimate of drug-likeness (QED) is 0.501. The van der Waals surface area contributed by atoms with Gasteiger partial charge in [-0.1, -0.05) is 12.1 Å². The van der Waals surface area contributed by atoms with Gasteiger partial charge in [0.15, 0.2) is 0 Å². The first-order valence-corrected chi connectivity index (χ1v) is 11.5. The lowest BCUT2D eigenvalue weighted by Gasteiger charge is -2.27. The predicted molar refractivity (Wildman–Crippen MR) is 129 cm³/mol. The molecule has 0 bridgehead atoms. The smallest absolute Gasteiger partial charge is 0.225 e. The zero-order valence-electron chi connectivity index (χ0n) is 18.7. The summed E-state index contributed by atoms with van der Waals surface area (Å²) in [4.78, 5) is 19.9. The molecule has 4 aromatic rings. The monoisotopic (exact) mass is 424 g/mol. The Kier molecular flexibility index (Phi) is 4.68. The number of pyridine rings is 1. The fraction of sp³-hybridized carbons (Fsp3) is 0.346. The van der Waals surface area contributed by atoms with Gasteiger partial charge in [0.25, 0.3) is 0 Å². The summed E-state index contributed by atoms with van der Waals surface area (Å²) in [5, 5.41) is 4.65. The van der Waals surface area contributed by atoms with Gasteiger partial charge in [0.05, 0.1) is 0 Å². The largest absolute Gasteiger partial charge is 0.358 e. The lowest BCUT2D eigenvalue weighted by atomic mass is 9.98. The number of benzene rings is 1. The van der Waals surface area contributed by atoms with Crippen LogP contribution in [0.2, 0.25) is 0 Å². The summed E-state index contributed by atoms with van der Waals surface area (Å²) in [6.07, 6.45) is 6.42. The van der Waals surface area contributed by atoms with Gasteiger partial charge < -0.3 is 15.2 Å². The molecule has 0 unspecified atom stereocenters. The number of piperazine rings is 1. The van der Waals surface area contributed by atoms with Gasteiger partial charge in [0.2, 0.25) is 5.95 Å². The molecule has 1 aromatic carbocycles. The van der Waals surface area contributed by atoms with E-state index in [0.29, 0.717) is 5.92 Å². The van der Waals surface area contributed by atoms with E-state index in [4.69, 9.17) is 0 Å². The third-order valence-corrected chi connectivity index (χ3v) is 6.55. The summed E-state index contributed by atoms with van der Waals surface area (Å²) in [6.45, 7) is 8.02. The van der Waals surface area contributed by atoms with Crippen molar-refractivity contribution in [1.82, 2.24) is 25.3 Å². The number of rotatable bonds is 4. The molecule has 1 aliphatic carbocycles. The van der Waals surface area contributed by atoms with E-state index in [0.717, 1.165) is 54.6 Å². The van der Waals surface area contributed by atoms with Crippen molar-refractivity contribution in [2.75, 3.05) is 31.1 Å². The van der Waals surface area contributed by atoms with E-state index in [2.05, 4.69) is 74.3 Å². The van der Waals surface area contributed by atoms with E-state index in [1.807, 2.05) is 12.4 Å². The first-order chi connectivity index (χ1) is 15.7. The van der Waals surface area contributed by atoms with Crippen molar-refractivity contribution < 1.29 is 0 Å². The molecule has 6 rings (SSSR count). The molecule has 0 atom stereocenters. The number of anilines is 1. The highest BCUT2D eigenvalue weighted by Gasteiger charge is 2.29. The predicted octanol–water partition coefficient (Wildman–Crippen LogP) is 4.59. The second kappa shape index (κ2) is 7.71. The SMILES string of the molecule is Cc1cc(-c2c(C3CC3)[nH]c3cc(-c4cnc(N5CCNCC5)nc4)ccc23)cc(C)n1. The third-order valence-electron chi connectivity index (χ3n) is 6.55. The summed E-state index contributed by atoms with van der Waals surface area (Å²) in [7, 11) is 0. The topological polar surface area (TPSA) is 69.7 Å². The molecule has 1 saturated carbocycles. The van der Waals surface area contributed by atoms with Crippen molar-refractivity contribution in [2.45, 2.75) is 32.6 Å². The number of H-pyrrole nitrogens is 1. The van der Waals surface area contributed by atoms with E-state index in [9.17, 15) is 0 Å². The molecule has 2 aliphatic rings. The summed E-state index contributed by atoms with van der Waals surface area (Å²) in [6, 6.07) is 11.1. The van der Waals surface area contributed by atoms with Crippen LogP contribution in [-0.4, -0.2) is 46.1 Å². The molecule has 0 spiro atoms. The van der Waals surface area contributed by atoms with E-state index < -0.39 is 0 Å². The Hall–Kier alpha value is -3.25. The number of aromatic nitrogens is 4. The molecule has 1 aliphatic heterocycles. The Morgan fingerprint density at radius 3 is 2.28 bits per heavy atom. The number of aryl methyl sites for hydroxylation is 2. The van der Waals surface area contributed by atoms with Crippen molar-refractivity contribution in [3.8, 4) is 22.3 Å². The van der Waals surface area contributed by atoms with E-state index in [1.54, 1.807) is 0 Å². The van der Waals surface area contributed by atoms with Gasteiger partial charge in [-0.05, 0) is 61.9 Å². The molecule has 2 fully saturated rings. The van der Waals surface area contributed by atoms with Crippen LogP contribution in [0.5, 0.6) is 0 Å². The van der Waals surface area contributed by atoms with Gasteiger partial charge in [-0.25, -0.2) is 9.97 Å². The Balaban J connectivity index is 1.39. The van der Waals surface area contributed by atoms with E-state index >= 15 is 0 Å². The van der Waals surface area contributed by atoms with E-state index in [-0.39, 0.29) is 0 Å². The first-order valence-electron chi connectivity index (χ1n) is 11.5. The van der Waals surface area contributed by atoms with Crippen LogP contribution in [0.1, 0.15) is 35.8 Å². The maximum absolute atomic E-state index is 4.66. The standard InChI is InChI=1S/C26H28N6/c1-16-11-20(12-17(2)30-16)24-22-6-5-19(13-23(22)31-25(24)18-3-4-18)21-14-28-26(29-15-21)32-9-7-27-8-10-32/h5-6,11-15,18,27,31H,3-4,7-10H2,1-2H3. The number of hydrogen-bond acceptors (Lipinski definition) is 5. The normalized spacial score (nSPS) is 16.6. The van der Waals surface area contributed by atoms with Gasteiger partial charge >= 0.3 is 0 Å². The van der Waals surface area contributed by atoms with Crippen LogP contribution in [0, 0.1) is 13.8 Å². The fourth-order valence-corrected chi connectivity index (χ4v) is 4.86. The second-order valence-corrected chi connectivity index (χ2v) is 9.10. The number of fused-ring (bicyclic) bond motifs is 1. The number of aromatic amines is 1. The molecule has 6 heteroatoms. The summed E-state index contributed by atoms with van der Waals surface area (Å²) >= 11 is 0. The molecule has 162 valence electrons. The molecular formula is C26H28N6. The van der Waals surface area contributed by atoms with Crippen molar-refractivity contribution in [2.24, 2.45) is 0 Å². The fourth-order valence-electron chi connectivity index (χ4n) is 4.86. The van der Waals surface area contributed by atoms with Gasteiger partial charge in [0.1, 0.15) is 0 Å². The zero-order valence-corrected chi connectivity index (χ0v) is 18.7. The highest BCUT2D eigenvalue weighted by molar-refractivity contribution is 5.99. The molecular weight excluding hydrogens is 396 g/mol. The van der Waals surface area contributed by atoms with Crippen LogP contribution < -0.4 is 10.2 Å². The summed E-state index contributed by atoms with van der Waals surface area (Å²) < 4.78 is 0. The first kappa shape index (κ1) is 19.4. The summed E-state index contributed by atoms with van der Waals surface area (Å²) in [5.41, 5.74) is 9.47. The number of hydrogen-bond donors (Lipinski definition) is 2. The summed E-state index contributed by atoms with van der Waals surface area (Å²) in [5.74, 6) is 1.45. The average molecular weight is 425 g/mol. The maximum Gasteiger partial charge on any atom is 0.225 e. The number of nitrogens with zero attached hydrogens (tertiary/aromatic N) is 4. The zero-order chi connectivity index (χ0) is 21.7. The van der Waals surface area contributed by atoms with Crippen LogP contribution in [0.25, 0.3) is 33.2 Å². The van der Waals surface area contributed by atoms with Gasteiger partial charge in [-0.3, -0.25) is 4.98 Å². The Morgan fingerprint density at radius 2 is 1.59 bits per heavy atom. The Morgan fingerprint density at radius 1 is 0.875 bits per heavy atom. The molecule has 1 saturated heterocycles. The van der Waals surface area contributed by atoms with Crippen LogP contribution in [0.3, 0.4) is 0 Å². The lowest BCUT2D eigenvalue weighted by molar-refractivity contribution is 0.580. The minimum Gasteiger partial charge on any atom is -0.358 e. The van der Waals surface area contributed by atoms with Crippen molar-refractivity contribution in [3.05, 3.63) is 59.8 Å². The lowest BCUT2D eigenvalue weighted by Crippen LogP contribution is -2.44. The van der Waals surface area contributed by atoms with Crippen LogP contribution in [0.15, 0.2) is 42.7 Å². The van der Waals surface area contributed by atoms with Crippen LogP contribution in [0.4, 0.5) is 5.95 Å². The Bertz CT molecular complexity index is 1260. The van der Waals surface area contributed by atoms with Crippen LogP contribution >= 0.6 is 0 Å². The molecule has 0 radical (unpaired) electrons. The Labute approximate surface area is 188 Å². The minimum absolute atomic E-state index is 0.635.